The van der Waals surface area contributed by atoms with Crippen molar-refractivity contribution in [1.29, 1.82) is 0 Å². The molecule has 0 aromatic heterocycles. The van der Waals surface area contributed by atoms with Gasteiger partial charge < -0.3 is 15.2 Å². The van der Waals surface area contributed by atoms with Crippen LogP contribution in [0.2, 0.25) is 0 Å². The van der Waals surface area contributed by atoms with Gasteiger partial charge in [-0.2, -0.15) is 0 Å². The van der Waals surface area contributed by atoms with Gasteiger partial charge in [0.05, 0.1) is 14.2 Å². The molecule has 3 nitrogen and oxygen atoms in total. The highest BCUT2D eigenvalue weighted by Crippen LogP contribution is 2.29. The number of methoxy groups -OCH3 is 2. The number of ether oxygens (including phenoxy) is 2. The first-order valence-corrected chi connectivity index (χ1v) is 7.65. The number of rotatable bonds is 6. The normalized spacial score (nSPS) is 12.0. The van der Waals surface area contributed by atoms with E-state index in [4.69, 9.17) is 15.2 Å². The van der Waals surface area contributed by atoms with Gasteiger partial charge >= 0.3 is 0 Å². The van der Waals surface area contributed by atoms with Crippen LogP contribution in [0.4, 0.5) is 0 Å². The molecule has 2 N–H and O–H groups in total. The molecule has 1 unspecified atom stereocenters. The quantitative estimate of drug-likeness (QED) is 0.853. The SMILES string of the molecule is COc1ccc(CCC(N)c2ccc(OC)cc2Br)cc1. The van der Waals surface area contributed by atoms with Crippen LogP contribution < -0.4 is 15.2 Å². The minimum Gasteiger partial charge on any atom is -0.497 e. The topological polar surface area (TPSA) is 44.5 Å². The van der Waals surface area contributed by atoms with Gasteiger partial charge in [0.2, 0.25) is 0 Å². The number of hydrogen-bond acceptors (Lipinski definition) is 3. The number of aryl methyl sites for hydroxylation is 1. The van der Waals surface area contributed by atoms with Crippen molar-refractivity contribution in [3.8, 4) is 11.5 Å². The third-order valence-electron chi connectivity index (χ3n) is 3.51. The molecule has 1 atom stereocenters. The van der Waals surface area contributed by atoms with Crippen molar-refractivity contribution in [3.05, 3.63) is 58.1 Å². The Labute approximate surface area is 134 Å². The molecule has 2 aromatic carbocycles. The molecule has 0 radical (unpaired) electrons. The van der Waals surface area contributed by atoms with Crippen molar-refractivity contribution in [3.63, 3.8) is 0 Å². The number of benzene rings is 2. The monoisotopic (exact) mass is 349 g/mol. The first kappa shape index (κ1) is 15.9. The molecule has 0 aliphatic rings. The van der Waals surface area contributed by atoms with E-state index in [-0.39, 0.29) is 6.04 Å². The molecular weight excluding hydrogens is 330 g/mol. The van der Waals surface area contributed by atoms with E-state index in [9.17, 15) is 0 Å². The van der Waals surface area contributed by atoms with Gasteiger partial charge in [0.1, 0.15) is 11.5 Å². The Morgan fingerprint density at radius 3 is 2.19 bits per heavy atom. The summed E-state index contributed by atoms with van der Waals surface area (Å²) in [4.78, 5) is 0. The minimum absolute atomic E-state index is 0.00705. The molecule has 0 amide bonds. The summed E-state index contributed by atoms with van der Waals surface area (Å²) in [6.45, 7) is 0. The van der Waals surface area contributed by atoms with E-state index in [1.807, 2.05) is 30.3 Å². The second-order valence-corrected chi connectivity index (χ2v) is 5.74. The Morgan fingerprint density at radius 2 is 1.62 bits per heavy atom. The molecule has 0 fully saturated rings. The molecule has 0 saturated heterocycles. The molecule has 2 aromatic rings. The number of nitrogens with two attached hydrogens (primary N) is 1. The average Bonchev–Trinajstić information content (AvgIpc) is 2.52. The summed E-state index contributed by atoms with van der Waals surface area (Å²) >= 11 is 3.56. The lowest BCUT2D eigenvalue weighted by atomic mass is 9.99. The summed E-state index contributed by atoms with van der Waals surface area (Å²) in [6, 6.07) is 14.0. The molecule has 0 aliphatic heterocycles. The number of hydrogen-bond donors (Lipinski definition) is 1. The largest absolute Gasteiger partial charge is 0.497 e. The molecule has 0 heterocycles. The zero-order chi connectivity index (χ0) is 15.2. The summed E-state index contributed by atoms with van der Waals surface area (Å²) in [5.41, 5.74) is 8.66. The molecular formula is C17H20BrNO2. The Morgan fingerprint density at radius 1 is 1.00 bits per heavy atom. The molecule has 0 aliphatic carbocycles. The van der Waals surface area contributed by atoms with Crippen molar-refractivity contribution in [2.24, 2.45) is 5.73 Å². The predicted molar refractivity (Wildman–Crippen MR) is 88.9 cm³/mol. The molecule has 4 heteroatoms. The molecule has 112 valence electrons. The van der Waals surface area contributed by atoms with Gasteiger partial charge in [0, 0.05) is 10.5 Å². The summed E-state index contributed by atoms with van der Waals surface area (Å²) in [6.07, 6.45) is 1.82. The molecule has 0 saturated carbocycles. The summed E-state index contributed by atoms with van der Waals surface area (Å²) in [5, 5.41) is 0. The van der Waals surface area contributed by atoms with Gasteiger partial charge in [-0.05, 0) is 48.2 Å². The molecule has 21 heavy (non-hydrogen) atoms. The summed E-state index contributed by atoms with van der Waals surface area (Å²) in [7, 11) is 3.33. The first-order chi connectivity index (χ1) is 10.1. The lowest BCUT2D eigenvalue weighted by molar-refractivity contribution is 0.414. The van der Waals surface area contributed by atoms with Crippen LogP contribution in [-0.2, 0) is 6.42 Å². The fourth-order valence-corrected chi connectivity index (χ4v) is 2.86. The average molecular weight is 350 g/mol. The van der Waals surface area contributed by atoms with Crippen LogP contribution in [0, 0.1) is 0 Å². The Bertz CT molecular complexity index is 584. The Kier molecular flexibility index (Phi) is 5.65. The molecule has 0 spiro atoms. The fraction of sp³-hybridized carbons (Fsp3) is 0.294. The maximum Gasteiger partial charge on any atom is 0.120 e. The van der Waals surface area contributed by atoms with Crippen LogP contribution in [0.25, 0.3) is 0 Å². The lowest BCUT2D eigenvalue weighted by Crippen LogP contribution is -2.12. The Balaban J connectivity index is 1.99. The first-order valence-electron chi connectivity index (χ1n) is 6.86. The fourth-order valence-electron chi connectivity index (χ4n) is 2.21. The van der Waals surface area contributed by atoms with Crippen LogP contribution >= 0.6 is 15.9 Å². The molecule has 2 rings (SSSR count). The van der Waals surface area contributed by atoms with Gasteiger partial charge in [-0.3, -0.25) is 0 Å². The van der Waals surface area contributed by atoms with Gasteiger partial charge in [-0.1, -0.05) is 34.1 Å². The van der Waals surface area contributed by atoms with Crippen molar-refractivity contribution >= 4 is 15.9 Å². The summed E-state index contributed by atoms with van der Waals surface area (Å²) < 4.78 is 11.3. The summed E-state index contributed by atoms with van der Waals surface area (Å²) in [5.74, 6) is 1.70. The van der Waals surface area contributed by atoms with Crippen molar-refractivity contribution < 1.29 is 9.47 Å². The van der Waals surface area contributed by atoms with Gasteiger partial charge in [0.15, 0.2) is 0 Å². The van der Waals surface area contributed by atoms with Crippen LogP contribution in [0.15, 0.2) is 46.9 Å². The van der Waals surface area contributed by atoms with E-state index in [2.05, 4.69) is 28.1 Å². The van der Waals surface area contributed by atoms with E-state index >= 15 is 0 Å². The standard InChI is InChI=1S/C17H20BrNO2/c1-20-13-6-3-12(4-7-13)5-10-17(19)15-9-8-14(21-2)11-16(15)18/h3-4,6-9,11,17H,5,10,19H2,1-2H3. The second kappa shape index (κ2) is 7.48. The van der Waals surface area contributed by atoms with Gasteiger partial charge in [-0.15, -0.1) is 0 Å². The number of halogens is 1. The Hall–Kier alpha value is -1.52. The van der Waals surface area contributed by atoms with Crippen LogP contribution in [0.5, 0.6) is 11.5 Å². The van der Waals surface area contributed by atoms with E-state index in [0.717, 1.165) is 34.4 Å². The minimum atomic E-state index is -0.00705. The smallest absolute Gasteiger partial charge is 0.120 e. The van der Waals surface area contributed by atoms with Gasteiger partial charge in [0.25, 0.3) is 0 Å². The zero-order valence-electron chi connectivity index (χ0n) is 12.3. The zero-order valence-corrected chi connectivity index (χ0v) is 13.9. The third kappa shape index (κ3) is 4.22. The van der Waals surface area contributed by atoms with E-state index < -0.39 is 0 Å². The maximum atomic E-state index is 6.30. The lowest BCUT2D eigenvalue weighted by Gasteiger charge is -2.15. The van der Waals surface area contributed by atoms with Crippen molar-refractivity contribution in [2.75, 3.05) is 14.2 Å². The van der Waals surface area contributed by atoms with Gasteiger partial charge in [-0.25, -0.2) is 0 Å². The second-order valence-electron chi connectivity index (χ2n) is 4.88. The highest BCUT2D eigenvalue weighted by molar-refractivity contribution is 9.10. The third-order valence-corrected chi connectivity index (χ3v) is 4.20. The maximum absolute atomic E-state index is 6.30. The predicted octanol–water partition coefficient (Wildman–Crippen LogP) is 4.10. The van der Waals surface area contributed by atoms with Crippen LogP contribution in [0.3, 0.4) is 0 Å². The van der Waals surface area contributed by atoms with Crippen molar-refractivity contribution in [1.82, 2.24) is 0 Å². The van der Waals surface area contributed by atoms with Crippen LogP contribution in [0.1, 0.15) is 23.6 Å². The van der Waals surface area contributed by atoms with Crippen molar-refractivity contribution in [2.45, 2.75) is 18.9 Å². The van der Waals surface area contributed by atoms with E-state index in [0.29, 0.717) is 0 Å². The van der Waals surface area contributed by atoms with E-state index in [1.165, 1.54) is 5.56 Å². The highest BCUT2D eigenvalue weighted by atomic mass is 79.9. The van der Waals surface area contributed by atoms with E-state index in [1.54, 1.807) is 14.2 Å². The van der Waals surface area contributed by atoms with Crippen LogP contribution in [-0.4, -0.2) is 14.2 Å². The molecule has 0 bridgehead atoms. The highest BCUT2D eigenvalue weighted by Gasteiger charge is 2.11.